The monoisotopic (exact) mass is 253 g/mol. The molecule has 0 aliphatic heterocycles. The van der Waals surface area contributed by atoms with Gasteiger partial charge in [0, 0.05) is 0 Å². The largest absolute Gasteiger partial charge is 0.478 e. The Bertz CT molecular complexity index is 499. The lowest BCUT2D eigenvalue weighted by atomic mass is 10.1. The maximum atomic E-state index is 13.5. The van der Waals surface area contributed by atoms with Crippen molar-refractivity contribution in [1.29, 1.82) is 0 Å². The molecule has 0 spiro atoms. The molecule has 1 aromatic rings. The first kappa shape index (κ1) is 13.7. The number of anilines is 1. The highest BCUT2D eigenvalue weighted by Gasteiger charge is 2.14. The van der Waals surface area contributed by atoms with Gasteiger partial charge < -0.3 is 9.84 Å². The Balaban J connectivity index is 2.91. The Kier molecular flexibility index (Phi) is 4.42. The summed E-state index contributed by atoms with van der Waals surface area (Å²) in [6.07, 6.45) is 0.533. The number of rotatable bonds is 4. The van der Waals surface area contributed by atoms with Crippen LogP contribution >= 0.6 is 0 Å². The van der Waals surface area contributed by atoms with E-state index in [4.69, 9.17) is 5.11 Å². The lowest BCUT2D eigenvalue weighted by Gasteiger charge is -2.09. The van der Waals surface area contributed by atoms with Crippen LogP contribution in [0, 0.1) is 12.7 Å². The maximum Gasteiger partial charge on any atom is 0.412 e. The molecule has 1 rings (SSSR count). The van der Waals surface area contributed by atoms with Crippen LogP contribution in [0.2, 0.25) is 0 Å². The van der Waals surface area contributed by atoms with Gasteiger partial charge in [-0.3, -0.25) is 5.32 Å². The SMILES string of the molecule is C=CCOC(=O)Nc1cc(C)c(C(=O)O)cc1F. The van der Waals surface area contributed by atoms with Crippen LogP contribution in [0.25, 0.3) is 0 Å². The lowest BCUT2D eigenvalue weighted by molar-refractivity contribution is 0.0695. The average molecular weight is 253 g/mol. The van der Waals surface area contributed by atoms with Gasteiger partial charge >= 0.3 is 12.1 Å². The molecule has 0 aliphatic rings. The summed E-state index contributed by atoms with van der Waals surface area (Å²) in [7, 11) is 0. The van der Waals surface area contributed by atoms with Crippen LogP contribution in [0.3, 0.4) is 0 Å². The second kappa shape index (κ2) is 5.81. The standard InChI is InChI=1S/C12H12FNO4/c1-3-4-18-12(17)14-10-5-7(2)8(11(15)16)6-9(10)13/h3,5-6H,1,4H2,2H3,(H,14,17)(H,15,16). The van der Waals surface area contributed by atoms with Gasteiger partial charge in [0.25, 0.3) is 0 Å². The highest BCUT2D eigenvalue weighted by molar-refractivity contribution is 5.91. The van der Waals surface area contributed by atoms with Crippen LogP contribution in [0.1, 0.15) is 15.9 Å². The molecule has 0 bridgehead atoms. The van der Waals surface area contributed by atoms with E-state index >= 15 is 0 Å². The Morgan fingerprint density at radius 2 is 2.22 bits per heavy atom. The van der Waals surface area contributed by atoms with Crippen molar-refractivity contribution in [3.63, 3.8) is 0 Å². The van der Waals surface area contributed by atoms with Gasteiger partial charge in [0.2, 0.25) is 0 Å². The van der Waals surface area contributed by atoms with E-state index in [1.807, 2.05) is 0 Å². The zero-order valence-corrected chi connectivity index (χ0v) is 9.70. The van der Waals surface area contributed by atoms with Crippen LogP contribution < -0.4 is 5.32 Å². The van der Waals surface area contributed by atoms with Gasteiger partial charge in [0.05, 0.1) is 11.3 Å². The quantitative estimate of drug-likeness (QED) is 0.808. The summed E-state index contributed by atoms with van der Waals surface area (Å²) in [4.78, 5) is 21.9. The summed E-state index contributed by atoms with van der Waals surface area (Å²) in [6, 6.07) is 2.08. The minimum Gasteiger partial charge on any atom is -0.478 e. The van der Waals surface area contributed by atoms with Gasteiger partial charge in [-0.25, -0.2) is 14.0 Å². The minimum atomic E-state index is -1.23. The fourth-order valence-corrected chi connectivity index (χ4v) is 1.29. The summed E-state index contributed by atoms with van der Waals surface area (Å²) in [5, 5.41) is 11.0. The van der Waals surface area contributed by atoms with Crippen molar-refractivity contribution in [1.82, 2.24) is 0 Å². The van der Waals surface area contributed by atoms with Gasteiger partial charge in [0.1, 0.15) is 12.4 Å². The maximum absolute atomic E-state index is 13.5. The first-order chi connectivity index (χ1) is 8.45. The Morgan fingerprint density at radius 1 is 1.56 bits per heavy atom. The number of ether oxygens (including phenoxy) is 1. The number of aromatic carboxylic acids is 1. The van der Waals surface area contributed by atoms with Crippen molar-refractivity contribution < 1.29 is 23.8 Å². The molecule has 5 nitrogen and oxygen atoms in total. The normalized spacial score (nSPS) is 9.67. The molecular weight excluding hydrogens is 241 g/mol. The third kappa shape index (κ3) is 3.31. The van der Waals surface area contributed by atoms with Gasteiger partial charge in [-0.1, -0.05) is 12.7 Å². The number of carboxylic acid groups (broad SMARTS) is 1. The third-order valence-corrected chi connectivity index (χ3v) is 2.11. The zero-order chi connectivity index (χ0) is 13.7. The Morgan fingerprint density at radius 3 is 2.78 bits per heavy atom. The molecule has 6 heteroatoms. The molecule has 0 atom stereocenters. The average Bonchev–Trinajstić information content (AvgIpc) is 2.30. The summed E-state index contributed by atoms with van der Waals surface area (Å²) in [5.74, 6) is -2.07. The van der Waals surface area contributed by atoms with E-state index in [0.29, 0.717) is 5.56 Å². The van der Waals surface area contributed by atoms with E-state index in [-0.39, 0.29) is 17.9 Å². The number of hydrogen-bond donors (Lipinski definition) is 2. The van der Waals surface area contributed by atoms with Crippen molar-refractivity contribution in [3.8, 4) is 0 Å². The number of hydrogen-bond acceptors (Lipinski definition) is 3. The van der Waals surface area contributed by atoms with Crippen molar-refractivity contribution in [3.05, 3.63) is 41.7 Å². The second-order valence-electron chi connectivity index (χ2n) is 3.46. The number of carbonyl (C=O) groups is 2. The number of amides is 1. The molecule has 0 aromatic heterocycles. The molecule has 18 heavy (non-hydrogen) atoms. The molecule has 0 radical (unpaired) electrons. The van der Waals surface area contributed by atoms with Crippen molar-refractivity contribution >= 4 is 17.7 Å². The van der Waals surface area contributed by atoms with Crippen molar-refractivity contribution in [2.45, 2.75) is 6.92 Å². The highest BCUT2D eigenvalue weighted by atomic mass is 19.1. The number of nitrogens with one attached hydrogen (secondary N) is 1. The van der Waals surface area contributed by atoms with Crippen LogP contribution in [-0.4, -0.2) is 23.8 Å². The van der Waals surface area contributed by atoms with E-state index < -0.39 is 17.9 Å². The van der Waals surface area contributed by atoms with Gasteiger partial charge in [-0.15, -0.1) is 0 Å². The number of carbonyl (C=O) groups excluding carboxylic acids is 1. The van der Waals surface area contributed by atoms with Crippen LogP contribution in [0.4, 0.5) is 14.9 Å². The Labute approximate surface area is 103 Å². The van der Waals surface area contributed by atoms with Gasteiger partial charge in [-0.2, -0.15) is 0 Å². The van der Waals surface area contributed by atoms with Crippen LogP contribution in [0.15, 0.2) is 24.8 Å². The number of aryl methyl sites for hydroxylation is 1. The number of benzene rings is 1. The fraction of sp³-hybridized carbons (Fsp3) is 0.167. The lowest BCUT2D eigenvalue weighted by Crippen LogP contribution is -2.15. The third-order valence-electron chi connectivity index (χ3n) is 2.11. The van der Waals surface area contributed by atoms with E-state index in [0.717, 1.165) is 6.07 Å². The molecule has 0 aliphatic carbocycles. The van der Waals surface area contributed by atoms with E-state index in [1.54, 1.807) is 0 Å². The molecule has 0 fully saturated rings. The smallest absolute Gasteiger partial charge is 0.412 e. The minimum absolute atomic E-state index is 0.000353. The topological polar surface area (TPSA) is 75.6 Å². The molecular formula is C12H12FNO4. The zero-order valence-electron chi connectivity index (χ0n) is 9.70. The van der Waals surface area contributed by atoms with Crippen molar-refractivity contribution in [2.75, 3.05) is 11.9 Å². The van der Waals surface area contributed by atoms with Crippen molar-refractivity contribution in [2.24, 2.45) is 0 Å². The summed E-state index contributed by atoms with van der Waals surface area (Å²) >= 11 is 0. The first-order valence-electron chi connectivity index (χ1n) is 5.03. The van der Waals surface area contributed by atoms with Crippen LogP contribution in [-0.2, 0) is 4.74 Å². The second-order valence-corrected chi connectivity index (χ2v) is 3.46. The van der Waals surface area contributed by atoms with E-state index in [1.165, 1.54) is 19.1 Å². The molecule has 0 saturated heterocycles. The number of carboxylic acids is 1. The highest BCUT2D eigenvalue weighted by Crippen LogP contribution is 2.20. The van der Waals surface area contributed by atoms with Gasteiger partial charge in [0.15, 0.2) is 0 Å². The Hall–Kier alpha value is -2.37. The molecule has 0 heterocycles. The van der Waals surface area contributed by atoms with E-state index in [9.17, 15) is 14.0 Å². The molecule has 0 unspecified atom stereocenters. The molecule has 96 valence electrons. The molecule has 0 saturated carbocycles. The van der Waals surface area contributed by atoms with E-state index in [2.05, 4.69) is 16.6 Å². The van der Waals surface area contributed by atoms with Gasteiger partial charge in [-0.05, 0) is 24.6 Å². The summed E-state index contributed by atoms with van der Waals surface area (Å²) in [6.45, 7) is 4.86. The molecule has 1 aromatic carbocycles. The number of halogens is 1. The molecule has 1 amide bonds. The summed E-state index contributed by atoms with van der Waals surface area (Å²) in [5.41, 5.74) is 0.0481. The first-order valence-corrected chi connectivity index (χ1v) is 5.03. The summed E-state index contributed by atoms with van der Waals surface area (Å²) < 4.78 is 18.1. The predicted octanol–water partition coefficient (Wildman–Crippen LogP) is 2.57. The molecule has 2 N–H and O–H groups in total. The van der Waals surface area contributed by atoms with Crippen LogP contribution in [0.5, 0.6) is 0 Å². The predicted molar refractivity (Wildman–Crippen MR) is 63.3 cm³/mol. The fourth-order valence-electron chi connectivity index (χ4n) is 1.29.